The van der Waals surface area contributed by atoms with Gasteiger partial charge >= 0.3 is 0 Å². The highest BCUT2D eigenvalue weighted by Crippen LogP contribution is 2.18. The summed E-state index contributed by atoms with van der Waals surface area (Å²) < 4.78 is 28.7. The van der Waals surface area contributed by atoms with Crippen molar-refractivity contribution in [3.63, 3.8) is 0 Å². The molecule has 0 saturated carbocycles. The zero-order valence-electron chi connectivity index (χ0n) is 13.2. The van der Waals surface area contributed by atoms with Crippen LogP contribution in [0.25, 0.3) is 0 Å². The van der Waals surface area contributed by atoms with E-state index >= 15 is 0 Å². The van der Waals surface area contributed by atoms with E-state index in [0.29, 0.717) is 19.0 Å². The van der Waals surface area contributed by atoms with Gasteiger partial charge in [-0.3, -0.25) is 4.90 Å². The minimum Gasteiger partial charge on any atom is -0.465 e. The number of rotatable bonds is 6. The molecule has 0 atom stereocenters. The van der Waals surface area contributed by atoms with Crippen molar-refractivity contribution >= 4 is 9.84 Å². The molecule has 0 bridgehead atoms. The summed E-state index contributed by atoms with van der Waals surface area (Å²) in [4.78, 5) is 2.18. The summed E-state index contributed by atoms with van der Waals surface area (Å²) in [5.74, 6) is 3.05. The molecule has 1 aromatic heterocycles. The summed E-state index contributed by atoms with van der Waals surface area (Å²) in [7, 11) is -2.81. The minimum absolute atomic E-state index is 0.271. The van der Waals surface area contributed by atoms with Crippen LogP contribution >= 0.6 is 0 Å². The van der Waals surface area contributed by atoms with E-state index in [0.717, 1.165) is 36.7 Å². The van der Waals surface area contributed by atoms with Crippen molar-refractivity contribution in [2.45, 2.75) is 33.9 Å². The SMILES string of the molecule is Cc1oc(CNCC(C)C)cc1CN1CCS(=O)(=O)CC1. The van der Waals surface area contributed by atoms with Gasteiger partial charge in [-0.15, -0.1) is 0 Å². The highest BCUT2D eigenvalue weighted by atomic mass is 32.2. The van der Waals surface area contributed by atoms with Crippen LogP contribution in [0.2, 0.25) is 0 Å². The van der Waals surface area contributed by atoms with Gasteiger partial charge in [-0.25, -0.2) is 8.42 Å². The highest BCUT2D eigenvalue weighted by molar-refractivity contribution is 7.91. The molecule has 0 spiro atoms. The van der Waals surface area contributed by atoms with E-state index in [1.54, 1.807) is 0 Å². The number of nitrogens with one attached hydrogen (secondary N) is 1. The second-order valence-corrected chi connectivity index (χ2v) is 8.55. The summed E-state index contributed by atoms with van der Waals surface area (Å²) in [6, 6.07) is 2.09. The average Bonchev–Trinajstić information content (AvgIpc) is 2.72. The Bertz CT molecular complexity index is 549. The zero-order valence-corrected chi connectivity index (χ0v) is 14.0. The van der Waals surface area contributed by atoms with Gasteiger partial charge < -0.3 is 9.73 Å². The van der Waals surface area contributed by atoms with Crippen molar-refractivity contribution in [1.29, 1.82) is 0 Å². The fourth-order valence-corrected chi connectivity index (χ4v) is 3.74. The molecular formula is C15H26N2O3S. The van der Waals surface area contributed by atoms with Crippen molar-refractivity contribution in [3.05, 3.63) is 23.2 Å². The summed E-state index contributed by atoms with van der Waals surface area (Å²) in [6.07, 6.45) is 0. The Labute approximate surface area is 127 Å². The van der Waals surface area contributed by atoms with Gasteiger partial charge in [-0.2, -0.15) is 0 Å². The van der Waals surface area contributed by atoms with Gasteiger partial charge in [0, 0.05) is 25.2 Å². The standard InChI is InChI=1S/C15H26N2O3S/c1-12(2)9-16-10-15-8-14(13(3)20-15)11-17-4-6-21(18,19)7-5-17/h8,12,16H,4-7,9-11H2,1-3H3. The monoisotopic (exact) mass is 314 g/mol. The second kappa shape index (κ2) is 6.94. The normalized spacial score (nSPS) is 19.2. The molecule has 2 rings (SSSR count). The molecule has 1 aliphatic heterocycles. The summed E-state index contributed by atoms with van der Waals surface area (Å²) in [5, 5.41) is 3.37. The first-order valence-electron chi connectivity index (χ1n) is 7.57. The van der Waals surface area contributed by atoms with Gasteiger partial charge in [0.15, 0.2) is 9.84 Å². The molecule has 0 amide bonds. The van der Waals surface area contributed by atoms with E-state index in [1.165, 1.54) is 0 Å². The van der Waals surface area contributed by atoms with E-state index in [4.69, 9.17) is 4.42 Å². The summed E-state index contributed by atoms with van der Waals surface area (Å²) >= 11 is 0. The van der Waals surface area contributed by atoms with Gasteiger partial charge in [0.2, 0.25) is 0 Å². The predicted octanol–water partition coefficient (Wildman–Crippen LogP) is 1.56. The van der Waals surface area contributed by atoms with Crippen LogP contribution in [0.4, 0.5) is 0 Å². The second-order valence-electron chi connectivity index (χ2n) is 6.25. The van der Waals surface area contributed by atoms with Crippen LogP contribution in [0.5, 0.6) is 0 Å². The van der Waals surface area contributed by atoms with E-state index in [-0.39, 0.29) is 11.5 Å². The van der Waals surface area contributed by atoms with Gasteiger partial charge in [0.05, 0.1) is 18.1 Å². The Hall–Kier alpha value is -0.850. The van der Waals surface area contributed by atoms with Crippen LogP contribution < -0.4 is 5.32 Å². The smallest absolute Gasteiger partial charge is 0.152 e. The molecule has 21 heavy (non-hydrogen) atoms. The molecule has 120 valence electrons. The summed E-state index contributed by atoms with van der Waals surface area (Å²) in [6.45, 7) is 10.1. The lowest BCUT2D eigenvalue weighted by Gasteiger charge is -2.26. The minimum atomic E-state index is -2.81. The third kappa shape index (κ3) is 5.13. The molecule has 6 heteroatoms. The third-order valence-corrected chi connectivity index (χ3v) is 5.36. The van der Waals surface area contributed by atoms with Gasteiger partial charge in [0.1, 0.15) is 11.5 Å². The Morgan fingerprint density at radius 3 is 2.62 bits per heavy atom. The van der Waals surface area contributed by atoms with Crippen molar-refractivity contribution in [2.75, 3.05) is 31.1 Å². The van der Waals surface area contributed by atoms with Crippen LogP contribution in [0, 0.1) is 12.8 Å². The number of hydrogen-bond acceptors (Lipinski definition) is 5. The molecule has 1 N–H and O–H groups in total. The molecule has 5 nitrogen and oxygen atoms in total. The van der Waals surface area contributed by atoms with Gasteiger partial charge in [0.25, 0.3) is 0 Å². The lowest BCUT2D eigenvalue weighted by molar-refractivity contribution is 0.285. The van der Waals surface area contributed by atoms with Crippen LogP contribution in [0.1, 0.15) is 30.9 Å². The Morgan fingerprint density at radius 1 is 1.33 bits per heavy atom. The maximum atomic E-state index is 11.4. The first-order chi connectivity index (χ1) is 9.85. The highest BCUT2D eigenvalue weighted by Gasteiger charge is 2.22. The topological polar surface area (TPSA) is 62.6 Å². The Kier molecular flexibility index (Phi) is 5.46. The lowest BCUT2D eigenvalue weighted by Crippen LogP contribution is -2.39. The molecular weight excluding hydrogens is 288 g/mol. The van der Waals surface area contributed by atoms with Crippen molar-refractivity contribution in [2.24, 2.45) is 5.92 Å². The number of nitrogens with zero attached hydrogens (tertiary/aromatic N) is 1. The van der Waals surface area contributed by atoms with Crippen molar-refractivity contribution in [1.82, 2.24) is 10.2 Å². The van der Waals surface area contributed by atoms with Crippen LogP contribution in [-0.2, 0) is 22.9 Å². The molecule has 1 fully saturated rings. The van der Waals surface area contributed by atoms with Crippen LogP contribution in [0.15, 0.2) is 10.5 Å². The first-order valence-corrected chi connectivity index (χ1v) is 9.39. The van der Waals surface area contributed by atoms with Crippen molar-refractivity contribution in [3.8, 4) is 0 Å². The summed E-state index contributed by atoms with van der Waals surface area (Å²) in [5.41, 5.74) is 1.16. The molecule has 0 radical (unpaired) electrons. The molecule has 0 aliphatic carbocycles. The molecule has 1 aliphatic rings. The molecule has 1 saturated heterocycles. The zero-order chi connectivity index (χ0) is 15.5. The van der Waals surface area contributed by atoms with E-state index < -0.39 is 9.84 Å². The molecule has 0 aromatic carbocycles. The first kappa shape index (κ1) is 16.5. The Balaban J connectivity index is 1.87. The largest absolute Gasteiger partial charge is 0.465 e. The number of hydrogen-bond donors (Lipinski definition) is 1. The van der Waals surface area contributed by atoms with E-state index in [9.17, 15) is 8.42 Å². The Morgan fingerprint density at radius 2 is 2.00 bits per heavy atom. The van der Waals surface area contributed by atoms with Gasteiger partial charge in [-0.05, 0) is 25.5 Å². The molecule has 0 unspecified atom stereocenters. The maximum Gasteiger partial charge on any atom is 0.152 e. The fourth-order valence-electron chi connectivity index (χ4n) is 2.46. The maximum absolute atomic E-state index is 11.4. The van der Waals surface area contributed by atoms with E-state index in [2.05, 4.69) is 30.1 Å². The quantitative estimate of drug-likeness (QED) is 0.863. The van der Waals surface area contributed by atoms with Gasteiger partial charge in [-0.1, -0.05) is 13.8 Å². The lowest BCUT2D eigenvalue weighted by atomic mass is 10.2. The van der Waals surface area contributed by atoms with E-state index in [1.807, 2.05) is 6.92 Å². The number of sulfone groups is 1. The van der Waals surface area contributed by atoms with Crippen LogP contribution in [0.3, 0.4) is 0 Å². The van der Waals surface area contributed by atoms with Crippen molar-refractivity contribution < 1.29 is 12.8 Å². The number of aryl methyl sites for hydroxylation is 1. The van der Waals surface area contributed by atoms with Crippen LogP contribution in [-0.4, -0.2) is 44.5 Å². The molecule has 2 heterocycles. The predicted molar refractivity (Wildman–Crippen MR) is 83.9 cm³/mol. The molecule has 1 aromatic rings. The average molecular weight is 314 g/mol. The fraction of sp³-hybridized carbons (Fsp3) is 0.733. The number of furan rings is 1. The third-order valence-electron chi connectivity index (χ3n) is 3.75.